The molecule has 0 fully saturated rings. The summed E-state index contributed by atoms with van der Waals surface area (Å²) in [5.74, 6) is 0.286. The van der Waals surface area contributed by atoms with E-state index in [4.69, 9.17) is 0 Å². The summed E-state index contributed by atoms with van der Waals surface area (Å²) in [5.41, 5.74) is 2.85. The first-order valence-electron chi connectivity index (χ1n) is 8.38. The van der Waals surface area contributed by atoms with E-state index in [2.05, 4.69) is 25.9 Å². The Labute approximate surface area is 156 Å². The number of carbonyl (C=O) groups excluding carboxylic acids is 2. The van der Waals surface area contributed by atoms with E-state index in [1.54, 1.807) is 48.8 Å². The molecule has 0 saturated carbocycles. The van der Waals surface area contributed by atoms with Gasteiger partial charge in [-0.3, -0.25) is 14.6 Å². The van der Waals surface area contributed by atoms with Gasteiger partial charge in [-0.05, 0) is 54.1 Å². The molecule has 7 heteroatoms. The van der Waals surface area contributed by atoms with Gasteiger partial charge in [0.15, 0.2) is 0 Å². The molecule has 0 aliphatic carbocycles. The Morgan fingerprint density at radius 3 is 2.15 bits per heavy atom. The van der Waals surface area contributed by atoms with E-state index in [-0.39, 0.29) is 11.8 Å². The fourth-order valence-electron chi connectivity index (χ4n) is 2.37. The number of hydrogen-bond acceptors (Lipinski definition) is 5. The molecular weight excluding hydrogens is 342 g/mol. The zero-order valence-electron chi connectivity index (χ0n) is 14.8. The van der Waals surface area contributed by atoms with Gasteiger partial charge < -0.3 is 16.0 Å². The predicted octanol–water partition coefficient (Wildman–Crippen LogP) is 3.30. The van der Waals surface area contributed by atoms with E-state index >= 15 is 0 Å². The summed E-state index contributed by atoms with van der Waals surface area (Å²) in [6.45, 7) is 2.07. The number of nitrogens with one attached hydrogen (secondary N) is 3. The lowest BCUT2D eigenvalue weighted by Gasteiger charge is -2.08. The van der Waals surface area contributed by atoms with Crippen LogP contribution >= 0.6 is 0 Å². The minimum Gasteiger partial charge on any atom is -0.366 e. The van der Waals surface area contributed by atoms with Crippen LogP contribution in [0, 0.1) is 0 Å². The largest absolute Gasteiger partial charge is 0.366 e. The van der Waals surface area contributed by atoms with Crippen LogP contribution in [0.1, 0.15) is 22.8 Å². The lowest BCUT2D eigenvalue weighted by Crippen LogP contribution is -2.13. The number of carbonyl (C=O) groups is 2. The van der Waals surface area contributed by atoms with Crippen molar-refractivity contribution >= 4 is 29.0 Å². The molecule has 0 saturated heterocycles. The maximum absolute atomic E-state index is 12.3. The summed E-state index contributed by atoms with van der Waals surface area (Å²) >= 11 is 0. The summed E-state index contributed by atoms with van der Waals surface area (Å²) < 4.78 is 0. The lowest BCUT2D eigenvalue weighted by molar-refractivity contribution is -0.114. The number of nitrogens with zero attached hydrogens (tertiary/aromatic N) is 2. The third-order valence-electron chi connectivity index (χ3n) is 3.71. The van der Waals surface area contributed by atoms with E-state index in [0.717, 1.165) is 5.56 Å². The number of anilines is 3. The Morgan fingerprint density at radius 1 is 0.889 bits per heavy atom. The smallest absolute Gasteiger partial charge is 0.257 e. The molecule has 0 unspecified atom stereocenters. The van der Waals surface area contributed by atoms with Gasteiger partial charge in [-0.15, -0.1) is 0 Å². The Morgan fingerprint density at radius 2 is 1.56 bits per heavy atom. The van der Waals surface area contributed by atoms with Crippen LogP contribution in [-0.4, -0.2) is 21.8 Å². The number of benzene rings is 1. The maximum atomic E-state index is 12.3. The van der Waals surface area contributed by atoms with Crippen molar-refractivity contribution in [1.82, 2.24) is 9.97 Å². The average molecular weight is 361 g/mol. The van der Waals surface area contributed by atoms with Gasteiger partial charge in [-0.2, -0.15) is 0 Å². The highest BCUT2D eigenvalue weighted by Gasteiger charge is 2.07. The average Bonchev–Trinajstić information content (AvgIpc) is 2.69. The molecule has 3 aromatic rings. The first-order chi connectivity index (χ1) is 13.1. The van der Waals surface area contributed by atoms with Gasteiger partial charge in [-0.25, -0.2) is 4.98 Å². The molecule has 1 aromatic carbocycles. The standard InChI is InChI=1S/C20H19N5O2/c1-14(26)24-17-3-5-18(6-4-17)25-20(27)16-2-7-19(23-13-16)22-12-15-8-10-21-11-9-15/h2-11,13H,12H2,1H3,(H,22,23)(H,24,26)(H,25,27). The van der Waals surface area contributed by atoms with Crippen LogP contribution in [-0.2, 0) is 11.3 Å². The molecule has 3 N–H and O–H groups in total. The monoisotopic (exact) mass is 361 g/mol. The van der Waals surface area contributed by atoms with Gasteiger partial charge in [0, 0.05) is 43.4 Å². The highest BCUT2D eigenvalue weighted by atomic mass is 16.2. The van der Waals surface area contributed by atoms with Crippen LogP contribution in [0.3, 0.4) is 0 Å². The molecule has 0 aliphatic rings. The number of hydrogen-bond donors (Lipinski definition) is 3. The van der Waals surface area contributed by atoms with Crippen LogP contribution in [0.5, 0.6) is 0 Å². The Kier molecular flexibility index (Phi) is 5.73. The highest BCUT2D eigenvalue weighted by molar-refractivity contribution is 6.04. The van der Waals surface area contributed by atoms with Gasteiger partial charge in [-0.1, -0.05) is 0 Å². The summed E-state index contributed by atoms with van der Waals surface area (Å²) in [4.78, 5) is 31.6. The molecule has 3 rings (SSSR count). The van der Waals surface area contributed by atoms with Crippen LogP contribution in [0.2, 0.25) is 0 Å². The highest BCUT2D eigenvalue weighted by Crippen LogP contribution is 2.15. The molecular formula is C20H19N5O2. The quantitative estimate of drug-likeness (QED) is 0.626. The summed E-state index contributed by atoms with van der Waals surface area (Å²) in [6, 6.07) is 14.2. The zero-order chi connectivity index (χ0) is 19.1. The predicted molar refractivity (Wildman–Crippen MR) is 104 cm³/mol. The molecule has 0 radical (unpaired) electrons. The molecule has 0 aliphatic heterocycles. The van der Waals surface area contributed by atoms with E-state index in [0.29, 0.717) is 29.3 Å². The number of pyridine rings is 2. The molecule has 0 atom stereocenters. The molecule has 136 valence electrons. The van der Waals surface area contributed by atoms with Gasteiger partial charge in [0.1, 0.15) is 5.82 Å². The number of rotatable bonds is 6. The number of aromatic nitrogens is 2. The first kappa shape index (κ1) is 18.1. The topological polar surface area (TPSA) is 96.0 Å². The van der Waals surface area contributed by atoms with Crippen molar-refractivity contribution in [3.8, 4) is 0 Å². The van der Waals surface area contributed by atoms with Crippen molar-refractivity contribution in [2.75, 3.05) is 16.0 Å². The van der Waals surface area contributed by atoms with Crippen molar-refractivity contribution in [3.63, 3.8) is 0 Å². The minimum atomic E-state index is -0.254. The second kappa shape index (κ2) is 8.57. The fraction of sp³-hybridized carbons (Fsp3) is 0.100. The van der Waals surface area contributed by atoms with E-state index < -0.39 is 0 Å². The van der Waals surface area contributed by atoms with E-state index in [1.807, 2.05) is 12.1 Å². The van der Waals surface area contributed by atoms with Crippen molar-refractivity contribution in [2.24, 2.45) is 0 Å². The van der Waals surface area contributed by atoms with E-state index in [1.165, 1.54) is 13.1 Å². The molecule has 0 bridgehead atoms. The molecule has 7 nitrogen and oxygen atoms in total. The Hall–Kier alpha value is -3.74. The SMILES string of the molecule is CC(=O)Nc1ccc(NC(=O)c2ccc(NCc3ccncc3)nc2)cc1. The summed E-state index contributed by atoms with van der Waals surface area (Å²) in [6.07, 6.45) is 5.00. The van der Waals surface area contributed by atoms with Crippen LogP contribution in [0.4, 0.5) is 17.2 Å². The molecule has 0 spiro atoms. The first-order valence-corrected chi connectivity index (χ1v) is 8.38. The van der Waals surface area contributed by atoms with Gasteiger partial charge >= 0.3 is 0 Å². The van der Waals surface area contributed by atoms with Gasteiger partial charge in [0.05, 0.1) is 5.56 Å². The normalized spacial score (nSPS) is 10.1. The second-order valence-corrected chi connectivity index (χ2v) is 5.85. The number of amides is 2. The molecule has 27 heavy (non-hydrogen) atoms. The third kappa shape index (κ3) is 5.37. The van der Waals surface area contributed by atoms with Crippen molar-refractivity contribution < 1.29 is 9.59 Å². The van der Waals surface area contributed by atoms with Gasteiger partial charge in [0.25, 0.3) is 5.91 Å². The van der Waals surface area contributed by atoms with Crippen molar-refractivity contribution in [1.29, 1.82) is 0 Å². The van der Waals surface area contributed by atoms with Crippen LogP contribution < -0.4 is 16.0 Å². The van der Waals surface area contributed by atoms with Crippen molar-refractivity contribution in [2.45, 2.75) is 13.5 Å². The maximum Gasteiger partial charge on any atom is 0.257 e. The molecule has 2 aromatic heterocycles. The zero-order valence-corrected chi connectivity index (χ0v) is 14.8. The van der Waals surface area contributed by atoms with Crippen LogP contribution in [0.25, 0.3) is 0 Å². The van der Waals surface area contributed by atoms with Crippen molar-refractivity contribution in [3.05, 3.63) is 78.2 Å². The fourth-order valence-corrected chi connectivity index (χ4v) is 2.37. The summed E-state index contributed by atoms with van der Waals surface area (Å²) in [5, 5.41) is 8.67. The Bertz CT molecular complexity index is 909. The second-order valence-electron chi connectivity index (χ2n) is 5.85. The lowest BCUT2D eigenvalue weighted by atomic mass is 10.2. The molecule has 2 amide bonds. The molecule has 2 heterocycles. The van der Waals surface area contributed by atoms with Crippen LogP contribution in [0.15, 0.2) is 67.1 Å². The third-order valence-corrected chi connectivity index (χ3v) is 3.71. The van der Waals surface area contributed by atoms with Gasteiger partial charge in [0.2, 0.25) is 5.91 Å². The summed E-state index contributed by atoms with van der Waals surface area (Å²) in [7, 11) is 0. The Balaban J connectivity index is 1.56. The van der Waals surface area contributed by atoms with E-state index in [9.17, 15) is 9.59 Å². The minimum absolute atomic E-state index is 0.143.